The second-order valence-electron chi connectivity index (χ2n) is 3.78. The Morgan fingerprint density at radius 1 is 1.26 bits per heavy atom. The summed E-state index contributed by atoms with van der Waals surface area (Å²) >= 11 is 5.84. The molecule has 5 heteroatoms. The number of carbonyl (C=O) groups excluding carboxylic acids is 1. The number of hydrogen-bond donors (Lipinski definition) is 2. The number of anilines is 1. The smallest absolute Gasteiger partial charge is 0.260 e. The molecule has 0 spiro atoms. The van der Waals surface area contributed by atoms with Gasteiger partial charge in [-0.1, -0.05) is 41.9 Å². The maximum atomic E-state index is 11.9. The van der Waals surface area contributed by atoms with Gasteiger partial charge in [-0.3, -0.25) is 4.79 Å². The van der Waals surface area contributed by atoms with Crippen molar-refractivity contribution in [1.29, 1.82) is 0 Å². The van der Waals surface area contributed by atoms with Gasteiger partial charge in [-0.05, 0) is 17.7 Å². The van der Waals surface area contributed by atoms with Crippen LogP contribution in [0.5, 0.6) is 0 Å². The number of nitrogens with zero attached hydrogens (tertiary/aromatic N) is 1. The van der Waals surface area contributed by atoms with Gasteiger partial charge >= 0.3 is 0 Å². The number of halogens is 1. The minimum Gasteiger partial charge on any atom is -0.398 e. The topological polar surface area (TPSA) is 68.0 Å². The summed E-state index contributed by atoms with van der Waals surface area (Å²) in [6.07, 6.45) is 4.77. The van der Waals surface area contributed by atoms with E-state index in [2.05, 4.69) is 10.3 Å². The monoisotopic (exact) mass is 273 g/mol. The van der Waals surface area contributed by atoms with Gasteiger partial charge in [0.15, 0.2) is 0 Å². The van der Waals surface area contributed by atoms with Crippen LogP contribution in [0, 0.1) is 0 Å². The molecule has 2 aromatic rings. The van der Waals surface area contributed by atoms with E-state index < -0.39 is 0 Å². The summed E-state index contributed by atoms with van der Waals surface area (Å²) in [5.74, 6) is -0.386. The number of amides is 1. The first kappa shape index (κ1) is 13.1. The van der Waals surface area contributed by atoms with Gasteiger partial charge in [0.2, 0.25) is 0 Å². The summed E-state index contributed by atoms with van der Waals surface area (Å²) in [5.41, 5.74) is 7.15. The Hall–Kier alpha value is -2.33. The Labute approximate surface area is 115 Å². The van der Waals surface area contributed by atoms with Crippen molar-refractivity contribution in [3.8, 4) is 0 Å². The standard InChI is InChI=1S/C14H12ClN3O/c15-13-12(11(16)7-9-17-13)14(19)18-8-6-10-4-2-1-3-5-10/h1-9H,(H2,16,17)(H,18,19). The maximum absolute atomic E-state index is 11.9. The average molecular weight is 274 g/mol. The molecule has 1 aromatic carbocycles. The third-order valence-electron chi connectivity index (χ3n) is 2.45. The molecule has 0 unspecified atom stereocenters. The highest BCUT2D eigenvalue weighted by atomic mass is 35.5. The second-order valence-corrected chi connectivity index (χ2v) is 4.14. The fourth-order valence-corrected chi connectivity index (χ4v) is 1.78. The molecule has 1 heterocycles. The third-order valence-corrected chi connectivity index (χ3v) is 2.74. The normalized spacial score (nSPS) is 10.6. The number of nitrogens with two attached hydrogens (primary N) is 1. The van der Waals surface area contributed by atoms with Gasteiger partial charge in [-0.2, -0.15) is 0 Å². The van der Waals surface area contributed by atoms with Gasteiger partial charge < -0.3 is 11.1 Å². The van der Waals surface area contributed by atoms with Crippen LogP contribution in [-0.4, -0.2) is 10.9 Å². The van der Waals surface area contributed by atoms with Gasteiger partial charge in [-0.15, -0.1) is 0 Å². The number of nitrogen functional groups attached to an aromatic ring is 1. The molecular formula is C14H12ClN3O. The Balaban J connectivity index is 2.08. The fraction of sp³-hybridized carbons (Fsp3) is 0. The van der Waals surface area contributed by atoms with Crippen molar-refractivity contribution in [2.75, 3.05) is 5.73 Å². The highest BCUT2D eigenvalue weighted by molar-refractivity contribution is 6.33. The molecule has 0 aliphatic heterocycles. The summed E-state index contributed by atoms with van der Waals surface area (Å²) in [6.45, 7) is 0. The Morgan fingerprint density at radius 3 is 2.68 bits per heavy atom. The molecule has 0 saturated heterocycles. The lowest BCUT2D eigenvalue weighted by molar-refractivity contribution is 0.0971. The van der Waals surface area contributed by atoms with E-state index in [4.69, 9.17) is 17.3 Å². The number of carbonyl (C=O) groups is 1. The maximum Gasteiger partial charge on any atom is 0.260 e. The van der Waals surface area contributed by atoms with Gasteiger partial charge in [0.1, 0.15) is 5.15 Å². The summed E-state index contributed by atoms with van der Waals surface area (Å²) in [5, 5.41) is 2.69. The lowest BCUT2D eigenvalue weighted by atomic mass is 10.2. The molecule has 1 amide bonds. The summed E-state index contributed by atoms with van der Waals surface area (Å²) in [7, 11) is 0. The number of pyridine rings is 1. The van der Waals surface area contributed by atoms with Gasteiger partial charge in [0.25, 0.3) is 5.91 Å². The van der Waals surface area contributed by atoms with Crippen LogP contribution >= 0.6 is 11.6 Å². The fourth-order valence-electron chi connectivity index (χ4n) is 1.52. The Kier molecular flexibility index (Phi) is 4.15. The van der Waals surface area contributed by atoms with Crippen LogP contribution in [0.1, 0.15) is 15.9 Å². The van der Waals surface area contributed by atoms with Crippen molar-refractivity contribution in [1.82, 2.24) is 10.3 Å². The van der Waals surface area contributed by atoms with Crippen molar-refractivity contribution < 1.29 is 4.79 Å². The number of hydrogen-bond acceptors (Lipinski definition) is 3. The van der Waals surface area contributed by atoms with E-state index in [0.717, 1.165) is 5.56 Å². The predicted molar refractivity (Wildman–Crippen MR) is 76.6 cm³/mol. The SMILES string of the molecule is Nc1ccnc(Cl)c1C(=O)NC=Cc1ccccc1. The van der Waals surface area contributed by atoms with E-state index in [1.54, 1.807) is 12.3 Å². The van der Waals surface area contributed by atoms with Gasteiger partial charge in [0, 0.05) is 18.1 Å². The minimum absolute atomic E-state index is 0.0885. The predicted octanol–water partition coefficient (Wildman–Crippen LogP) is 2.72. The van der Waals surface area contributed by atoms with Crippen molar-refractivity contribution in [2.24, 2.45) is 0 Å². The number of benzene rings is 1. The zero-order chi connectivity index (χ0) is 13.7. The highest BCUT2D eigenvalue weighted by Crippen LogP contribution is 2.18. The van der Waals surface area contributed by atoms with Crippen molar-refractivity contribution >= 4 is 29.3 Å². The van der Waals surface area contributed by atoms with E-state index in [-0.39, 0.29) is 16.6 Å². The molecule has 0 radical (unpaired) electrons. The van der Waals surface area contributed by atoms with E-state index >= 15 is 0 Å². The van der Waals surface area contributed by atoms with Crippen molar-refractivity contribution in [2.45, 2.75) is 0 Å². The molecule has 2 rings (SSSR count). The van der Waals surface area contributed by atoms with Crippen molar-refractivity contribution in [3.05, 3.63) is 65.1 Å². The van der Waals surface area contributed by atoms with Crippen LogP contribution in [0.15, 0.2) is 48.8 Å². The Bertz CT molecular complexity index is 591. The largest absolute Gasteiger partial charge is 0.398 e. The number of nitrogens with one attached hydrogen (secondary N) is 1. The lowest BCUT2D eigenvalue weighted by Crippen LogP contribution is -2.19. The first-order valence-corrected chi connectivity index (χ1v) is 5.98. The molecule has 0 saturated carbocycles. The molecule has 0 atom stereocenters. The van der Waals surface area contributed by atoms with Crippen LogP contribution in [0.3, 0.4) is 0 Å². The van der Waals surface area contributed by atoms with Crippen molar-refractivity contribution in [3.63, 3.8) is 0 Å². The van der Waals surface area contributed by atoms with E-state index in [1.807, 2.05) is 30.3 Å². The van der Waals surface area contributed by atoms with E-state index in [1.165, 1.54) is 12.3 Å². The molecule has 0 bridgehead atoms. The van der Waals surface area contributed by atoms with Crippen LogP contribution in [0.2, 0.25) is 5.15 Å². The molecule has 0 aliphatic carbocycles. The zero-order valence-electron chi connectivity index (χ0n) is 10.0. The molecule has 0 aliphatic rings. The Morgan fingerprint density at radius 2 is 2.00 bits per heavy atom. The quantitative estimate of drug-likeness (QED) is 0.845. The minimum atomic E-state index is -0.386. The summed E-state index contributed by atoms with van der Waals surface area (Å²) < 4.78 is 0. The van der Waals surface area contributed by atoms with E-state index in [9.17, 15) is 4.79 Å². The van der Waals surface area contributed by atoms with Crippen LogP contribution in [0.25, 0.3) is 6.08 Å². The van der Waals surface area contributed by atoms with E-state index in [0.29, 0.717) is 5.69 Å². The molecule has 19 heavy (non-hydrogen) atoms. The number of rotatable bonds is 3. The molecule has 96 valence electrons. The molecule has 3 N–H and O–H groups in total. The van der Waals surface area contributed by atoms with Crippen LogP contribution < -0.4 is 11.1 Å². The lowest BCUT2D eigenvalue weighted by Gasteiger charge is -2.05. The first-order chi connectivity index (χ1) is 9.18. The highest BCUT2D eigenvalue weighted by Gasteiger charge is 2.13. The van der Waals surface area contributed by atoms with Crippen LogP contribution in [0.4, 0.5) is 5.69 Å². The molecular weight excluding hydrogens is 262 g/mol. The summed E-state index contributed by atoms with van der Waals surface area (Å²) in [4.78, 5) is 15.7. The molecule has 1 aromatic heterocycles. The van der Waals surface area contributed by atoms with Gasteiger partial charge in [0.05, 0.1) is 5.56 Å². The summed E-state index contributed by atoms with van der Waals surface area (Å²) in [6, 6.07) is 11.1. The van der Waals surface area contributed by atoms with Crippen LogP contribution in [-0.2, 0) is 0 Å². The second kappa shape index (κ2) is 6.02. The molecule has 4 nitrogen and oxygen atoms in total. The van der Waals surface area contributed by atoms with Gasteiger partial charge in [-0.25, -0.2) is 4.98 Å². The average Bonchev–Trinajstić information content (AvgIpc) is 2.40. The zero-order valence-corrected chi connectivity index (χ0v) is 10.8. The first-order valence-electron chi connectivity index (χ1n) is 5.61. The number of aromatic nitrogens is 1. The molecule has 0 fully saturated rings. The third kappa shape index (κ3) is 3.33.